The third kappa shape index (κ3) is 3.07. The quantitative estimate of drug-likeness (QED) is 0.923. The van der Waals surface area contributed by atoms with Crippen molar-refractivity contribution < 1.29 is 0 Å². The predicted molar refractivity (Wildman–Crippen MR) is 70.4 cm³/mol. The molecule has 0 spiro atoms. The van der Waals surface area contributed by atoms with Crippen LogP contribution in [0.15, 0.2) is 47.1 Å². The number of anilines is 1. The van der Waals surface area contributed by atoms with E-state index in [0.717, 1.165) is 22.4 Å². The van der Waals surface area contributed by atoms with Crippen molar-refractivity contribution in [1.29, 1.82) is 0 Å². The van der Waals surface area contributed by atoms with Crippen molar-refractivity contribution in [2.45, 2.75) is 13.5 Å². The Labute approximate surface area is 104 Å². The largest absolute Gasteiger partial charge is 0.379 e. The molecular formula is C13H13BrN2. The summed E-state index contributed by atoms with van der Waals surface area (Å²) in [4.78, 5) is 4.28. The summed E-state index contributed by atoms with van der Waals surface area (Å²) in [7, 11) is 0. The lowest BCUT2D eigenvalue weighted by Gasteiger charge is -2.06. The van der Waals surface area contributed by atoms with Crippen LogP contribution in [-0.4, -0.2) is 4.98 Å². The molecular weight excluding hydrogens is 264 g/mol. The number of aromatic nitrogens is 1. The first kappa shape index (κ1) is 11.1. The molecule has 0 bridgehead atoms. The zero-order valence-electron chi connectivity index (χ0n) is 9.07. The summed E-state index contributed by atoms with van der Waals surface area (Å²) >= 11 is 3.43. The van der Waals surface area contributed by atoms with Gasteiger partial charge in [-0.2, -0.15) is 0 Å². The summed E-state index contributed by atoms with van der Waals surface area (Å²) in [5, 5.41) is 3.35. The normalized spacial score (nSPS) is 10.1. The molecule has 1 aromatic heterocycles. The van der Waals surface area contributed by atoms with Gasteiger partial charge in [-0.05, 0) is 36.8 Å². The van der Waals surface area contributed by atoms with E-state index in [4.69, 9.17) is 0 Å². The van der Waals surface area contributed by atoms with Gasteiger partial charge >= 0.3 is 0 Å². The van der Waals surface area contributed by atoms with E-state index < -0.39 is 0 Å². The zero-order valence-corrected chi connectivity index (χ0v) is 10.7. The molecule has 82 valence electrons. The topological polar surface area (TPSA) is 24.9 Å². The molecule has 0 aliphatic carbocycles. The second-order valence-corrected chi connectivity index (χ2v) is 4.60. The van der Waals surface area contributed by atoms with Gasteiger partial charge in [0.15, 0.2) is 0 Å². The van der Waals surface area contributed by atoms with Crippen LogP contribution < -0.4 is 5.32 Å². The minimum atomic E-state index is 0.739. The number of nitrogens with one attached hydrogen (secondary N) is 1. The van der Waals surface area contributed by atoms with E-state index in [9.17, 15) is 0 Å². The first-order chi connectivity index (χ1) is 7.74. The van der Waals surface area contributed by atoms with Crippen molar-refractivity contribution in [2.24, 2.45) is 0 Å². The van der Waals surface area contributed by atoms with E-state index in [1.54, 1.807) is 6.20 Å². The molecule has 0 fully saturated rings. The molecule has 1 N–H and O–H groups in total. The molecule has 0 aliphatic rings. The molecule has 2 rings (SSSR count). The van der Waals surface area contributed by atoms with Crippen molar-refractivity contribution in [3.8, 4) is 0 Å². The lowest BCUT2D eigenvalue weighted by atomic mass is 10.2. The van der Waals surface area contributed by atoms with Gasteiger partial charge in [-0.1, -0.05) is 28.1 Å². The summed E-state index contributed by atoms with van der Waals surface area (Å²) in [5.41, 5.74) is 3.41. The van der Waals surface area contributed by atoms with Gasteiger partial charge in [0.1, 0.15) is 0 Å². The Hall–Kier alpha value is -1.35. The van der Waals surface area contributed by atoms with E-state index >= 15 is 0 Å². The summed E-state index contributed by atoms with van der Waals surface area (Å²) in [6, 6.07) is 12.3. The second-order valence-electron chi connectivity index (χ2n) is 3.69. The van der Waals surface area contributed by atoms with Crippen molar-refractivity contribution in [2.75, 3.05) is 5.32 Å². The Bertz CT molecular complexity index is 437. The molecule has 0 saturated heterocycles. The zero-order chi connectivity index (χ0) is 11.4. The van der Waals surface area contributed by atoms with Crippen LogP contribution in [0.4, 0.5) is 5.69 Å². The molecule has 0 saturated carbocycles. The third-order valence-electron chi connectivity index (χ3n) is 2.27. The van der Waals surface area contributed by atoms with E-state index in [2.05, 4.69) is 51.4 Å². The lowest BCUT2D eigenvalue weighted by molar-refractivity contribution is 1.04. The van der Waals surface area contributed by atoms with Crippen molar-refractivity contribution in [1.82, 2.24) is 4.98 Å². The van der Waals surface area contributed by atoms with Gasteiger partial charge in [-0.25, -0.2) is 0 Å². The molecule has 2 aromatic rings. The Morgan fingerprint density at radius 2 is 2.12 bits per heavy atom. The highest BCUT2D eigenvalue weighted by molar-refractivity contribution is 9.10. The minimum Gasteiger partial charge on any atom is -0.379 e. The summed E-state index contributed by atoms with van der Waals surface area (Å²) in [6.45, 7) is 2.82. The minimum absolute atomic E-state index is 0.739. The van der Waals surface area contributed by atoms with Crippen LogP contribution in [-0.2, 0) is 6.54 Å². The van der Waals surface area contributed by atoms with Crippen LogP contribution >= 0.6 is 15.9 Å². The van der Waals surface area contributed by atoms with Crippen LogP contribution in [0.25, 0.3) is 0 Å². The highest BCUT2D eigenvalue weighted by Crippen LogP contribution is 2.13. The molecule has 0 radical (unpaired) electrons. The second kappa shape index (κ2) is 5.12. The first-order valence-electron chi connectivity index (χ1n) is 5.15. The molecule has 0 atom stereocenters. The van der Waals surface area contributed by atoms with E-state index in [-0.39, 0.29) is 0 Å². The van der Waals surface area contributed by atoms with Crippen LogP contribution in [0, 0.1) is 6.92 Å². The van der Waals surface area contributed by atoms with Crippen LogP contribution in [0.1, 0.15) is 11.3 Å². The van der Waals surface area contributed by atoms with Gasteiger partial charge < -0.3 is 5.32 Å². The molecule has 1 heterocycles. The molecule has 0 unspecified atom stereocenters. The van der Waals surface area contributed by atoms with E-state index in [1.807, 2.05) is 18.2 Å². The van der Waals surface area contributed by atoms with E-state index in [0.29, 0.717) is 0 Å². The fourth-order valence-corrected chi connectivity index (χ4v) is 1.88. The fourth-order valence-electron chi connectivity index (χ4n) is 1.49. The summed E-state index contributed by atoms with van der Waals surface area (Å²) < 4.78 is 1.06. The fraction of sp³-hybridized carbons (Fsp3) is 0.154. The number of hydrogen-bond donors (Lipinski definition) is 1. The predicted octanol–water partition coefficient (Wildman–Crippen LogP) is 3.76. The third-order valence-corrected chi connectivity index (χ3v) is 2.76. The van der Waals surface area contributed by atoms with E-state index in [1.165, 1.54) is 5.56 Å². The number of pyridine rings is 1. The number of benzene rings is 1. The Morgan fingerprint density at radius 3 is 2.88 bits per heavy atom. The van der Waals surface area contributed by atoms with Crippen molar-refractivity contribution >= 4 is 21.6 Å². The maximum Gasteiger partial charge on any atom is 0.0605 e. The average molecular weight is 277 g/mol. The van der Waals surface area contributed by atoms with Gasteiger partial charge in [0.25, 0.3) is 0 Å². The SMILES string of the molecule is Cc1cccc(NCc2cc(Br)ccn2)c1. The first-order valence-corrected chi connectivity index (χ1v) is 5.94. The monoisotopic (exact) mass is 276 g/mol. The van der Waals surface area contributed by atoms with Gasteiger partial charge in [0.2, 0.25) is 0 Å². The number of rotatable bonds is 3. The Morgan fingerprint density at radius 1 is 1.25 bits per heavy atom. The van der Waals surface area contributed by atoms with Crippen molar-refractivity contribution in [3.05, 3.63) is 58.3 Å². The van der Waals surface area contributed by atoms with Gasteiger partial charge in [0.05, 0.1) is 12.2 Å². The molecule has 1 aromatic carbocycles. The molecule has 3 heteroatoms. The summed E-state index contributed by atoms with van der Waals surface area (Å²) in [5.74, 6) is 0. The number of nitrogens with zero attached hydrogens (tertiary/aromatic N) is 1. The Balaban J connectivity index is 2.02. The number of halogens is 1. The molecule has 16 heavy (non-hydrogen) atoms. The van der Waals surface area contributed by atoms with Crippen molar-refractivity contribution in [3.63, 3.8) is 0 Å². The highest BCUT2D eigenvalue weighted by atomic mass is 79.9. The van der Waals surface area contributed by atoms with Gasteiger partial charge in [-0.15, -0.1) is 0 Å². The molecule has 0 amide bonds. The number of aryl methyl sites for hydroxylation is 1. The number of hydrogen-bond acceptors (Lipinski definition) is 2. The standard InChI is InChI=1S/C13H13BrN2/c1-10-3-2-4-12(7-10)16-9-13-8-11(14)5-6-15-13/h2-8,16H,9H2,1H3. The maximum atomic E-state index is 4.28. The summed E-state index contributed by atoms with van der Waals surface area (Å²) in [6.07, 6.45) is 1.80. The Kier molecular flexibility index (Phi) is 3.57. The molecule has 2 nitrogen and oxygen atoms in total. The highest BCUT2D eigenvalue weighted by Gasteiger charge is 1.96. The van der Waals surface area contributed by atoms with Crippen LogP contribution in [0.5, 0.6) is 0 Å². The van der Waals surface area contributed by atoms with Crippen LogP contribution in [0.3, 0.4) is 0 Å². The van der Waals surface area contributed by atoms with Gasteiger partial charge in [0, 0.05) is 16.4 Å². The maximum absolute atomic E-state index is 4.28. The lowest BCUT2D eigenvalue weighted by Crippen LogP contribution is -2.01. The van der Waals surface area contributed by atoms with Gasteiger partial charge in [-0.3, -0.25) is 4.98 Å². The molecule has 0 aliphatic heterocycles. The smallest absolute Gasteiger partial charge is 0.0605 e. The van der Waals surface area contributed by atoms with Crippen LogP contribution in [0.2, 0.25) is 0 Å². The average Bonchev–Trinajstić information content (AvgIpc) is 2.27.